The fourth-order valence-corrected chi connectivity index (χ4v) is 2.66. The first-order chi connectivity index (χ1) is 8.53. The molecule has 18 heavy (non-hydrogen) atoms. The van der Waals surface area contributed by atoms with E-state index in [2.05, 4.69) is 55.4 Å². The summed E-state index contributed by atoms with van der Waals surface area (Å²) in [5.41, 5.74) is 2.94. The zero-order valence-corrected chi connectivity index (χ0v) is 12.2. The summed E-state index contributed by atoms with van der Waals surface area (Å²) in [7, 11) is 4.24. The van der Waals surface area contributed by atoms with Crippen LogP contribution < -0.4 is 5.32 Å². The van der Waals surface area contributed by atoms with E-state index in [-0.39, 0.29) is 5.54 Å². The number of piperidine rings is 1. The van der Waals surface area contributed by atoms with Crippen molar-refractivity contribution in [3.8, 4) is 0 Å². The number of likely N-dealkylation sites (tertiary alicyclic amines) is 1. The standard InChI is InChI=1S/C16H26N2/c1-16(2,17-3)15-7-5-13(6-8-15)14-9-11-18(4)12-10-14/h5-8,14,17H,9-12H2,1-4H3. The third-order valence-corrected chi connectivity index (χ3v) is 4.45. The Morgan fingerprint density at radius 2 is 1.67 bits per heavy atom. The van der Waals surface area contributed by atoms with Gasteiger partial charge in [-0.1, -0.05) is 24.3 Å². The molecule has 1 aliphatic heterocycles. The highest BCUT2D eigenvalue weighted by Gasteiger charge is 2.20. The quantitative estimate of drug-likeness (QED) is 0.882. The second-order valence-electron chi connectivity index (χ2n) is 6.07. The Hall–Kier alpha value is -0.860. The molecule has 0 unspecified atom stereocenters. The molecule has 0 spiro atoms. The summed E-state index contributed by atoms with van der Waals surface area (Å²) in [6.45, 7) is 6.90. The first-order valence-corrected chi connectivity index (χ1v) is 7.01. The summed E-state index contributed by atoms with van der Waals surface area (Å²) in [6, 6.07) is 9.21. The van der Waals surface area contributed by atoms with Gasteiger partial charge in [0.05, 0.1) is 0 Å². The molecule has 1 N–H and O–H groups in total. The van der Waals surface area contributed by atoms with Crippen molar-refractivity contribution >= 4 is 0 Å². The molecule has 0 bridgehead atoms. The zero-order chi connectivity index (χ0) is 13.2. The van der Waals surface area contributed by atoms with Gasteiger partial charge >= 0.3 is 0 Å². The maximum atomic E-state index is 3.36. The van der Waals surface area contributed by atoms with Gasteiger partial charge in [-0.25, -0.2) is 0 Å². The van der Waals surface area contributed by atoms with Crippen molar-refractivity contribution < 1.29 is 0 Å². The van der Waals surface area contributed by atoms with Crippen molar-refractivity contribution in [3.05, 3.63) is 35.4 Å². The van der Waals surface area contributed by atoms with Crippen LogP contribution in [-0.4, -0.2) is 32.1 Å². The second-order valence-corrected chi connectivity index (χ2v) is 6.07. The van der Waals surface area contributed by atoms with Crippen molar-refractivity contribution in [2.75, 3.05) is 27.2 Å². The van der Waals surface area contributed by atoms with E-state index < -0.39 is 0 Å². The van der Waals surface area contributed by atoms with Gasteiger partial charge < -0.3 is 10.2 Å². The highest BCUT2D eigenvalue weighted by Crippen LogP contribution is 2.29. The van der Waals surface area contributed by atoms with E-state index in [1.54, 1.807) is 0 Å². The van der Waals surface area contributed by atoms with Crippen LogP contribution in [0.2, 0.25) is 0 Å². The highest BCUT2D eigenvalue weighted by molar-refractivity contribution is 5.29. The maximum absolute atomic E-state index is 3.36. The highest BCUT2D eigenvalue weighted by atomic mass is 15.1. The monoisotopic (exact) mass is 246 g/mol. The SMILES string of the molecule is CNC(C)(C)c1ccc(C2CCN(C)CC2)cc1. The van der Waals surface area contributed by atoms with Crippen molar-refractivity contribution in [2.24, 2.45) is 0 Å². The fourth-order valence-electron chi connectivity index (χ4n) is 2.66. The summed E-state index contributed by atoms with van der Waals surface area (Å²) in [5.74, 6) is 0.757. The van der Waals surface area contributed by atoms with E-state index in [4.69, 9.17) is 0 Å². The number of hydrogen-bond acceptors (Lipinski definition) is 2. The summed E-state index contributed by atoms with van der Waals surface area (Å²) < 4.78 is 0. The van der Waals surface area contributed by atoms with E-state index in [0.717, 1.165) is 5.92 Å². The lowest BCUT2D eigenvalue weighted by atomic mass is 9.87. The fraction of sp³-hybridized carbons (Fsp3) is 0.625. The Bertz CT molecular complexity index is 373. The van der Waals surface area contributed by atoms with E-state index in [1.165, 1.54) is 37.1 Å². The van der Waals surface area contributed by atoms with Crippen molar-refractivity contribution in [3.63, 3.8) is 0 Å². The number of rotatable bonds is 3. The molecular weight excluding hydrogens is 220 g/mol. The normalized spacial score (nSPS) is 19.1. The molecule has 1 saturated heterocycles. The van der Waals surface area contributed by atoms with Gasteiger partial charge in [-0.15, -0.1) is 0 Å². The summed E-state index contributed by atoms with van der Waals surface area (Å²) >= 11 is 0. The molecule has 1 aliphatic rings. The average molecular weight is 246 g/mol. The van der Waals surface area contributed by atoms with Gasteiger partial charge in [-0.2, -0.15) is 0 Å². The maximum Gasteiger partial charge on any atom is 0.0374 e. The molecule has 1 aromatic carbocycles. The van der Waals surface area contributed by atoms with Gasteiger partial charge in [0.25, 0.3) is 0 Å². The minimum atomic E-state index is 0.0608. The molecule has 1 aromatic rings. The molecule has 1 heterocycles. The number of nitrogens with zero attached hydrogens (tertiary/aromatic N) is 1. The lowest BCUT2D eigenvalue weighted by Gasteiger charge is -2.30. The van der Waals surface area contributed by atoms with Gasteiger partial charge in [0.1, 0.15) is 0 Å². The van der Waals surface area contributed by atoms with Gasteiger partial charge in [0.15, 0.2) is 0 Å². The molecule has 0 aromatic heterocycles. The van der Waals surface area contributed by atoms with Crippen LogP contribution in [0.3, 0.4) is 0 Å². The predicted molar refractivity (Wildman–Crippen MR) is 78.0 cm³/mol. The Labute approximate surface area is 111 Å². The third kappa shape index (κ3) is 2.93. The minimum absolute atomic E-state index is 0.0608. The molecule has 0 saturated carbocycles. The number of hydrogen-bond donors (Lipinski definition) is 1. The summed E-state index contributed by atoms with van der Waals surface area (Å²) in [4.78, 5) is 2.43. The lowest BCUT2D eigenvalue weighted by Crippen LogP contribution is -2.33. The molecule has 0 atom stereocenters. The molecular formula is C16H26N2. The predicted octanol–water partition coefficient (Wildman–Crippen LogP) is 2.95. The first kappa shape index (κ1) is 13.6. The second kappa shape index (κ2) is 5.41. The van der Waals surface area contributed by atoms with Gasteiger partial charge in [0.2, 0.25) is 0 Å². The van der Waals surface area contributed by atoms with Gasteiger partial charge in [-0.3, -0.25) is 0 Å². The molecule has 2 heteroatoms. The van der Waals surface area contributed by atoms with Gasteiger partial charge in [-0.05, 0) is 70.9 Å². The molecule has 0 aliphatic carbocycles. The van der Waals surface area contributed by atoms with E-state index in [1.807, 2.05) is 7.05 Å². The summed E-state index contributed by atoms with van der Waals surface area (Å²) in [6.07, 6.45) is 2.59. The zero-order valence-electron chi connectivity index (χ0n) is 12.2. The molecule has 1 fully saturated rings. The van der Waals surface area contributed by atoms with Crippen LogP contribution in [0.5, 0.6) is 0 Å². The Balaban J connectivity index is 2.08. The van der Waals surface area contributed by atoms with E-state index in [0.29, 0.717) is 0 Å². The van der Waals surface area contributed by atoms with E-state index in [9.17, 15) is 0 Å². The van der Waals surface area contributed by atoms with Crippen molar-refractivity contribution in [1.82, 2.24) is 10.2 Å². The Morgan fingerprint density at radius 1 is 1.11 bits per heavy atom. The van der Waals surface area contributed by atoms with Crippen LogP contribution in [0.4, 0.5) is 0 Å². The lowest BCUT2D eigenvalue weighted by molar-refractivity contribution is 0.255. The average Bonchev–Trinajstić information content (AvgIpc) is 2.40. The van der Waals surface area contributed by atoms with Crippen LogP contribution in [0.1, 0.15) is 43.7 Å². The number of benzene rings is 1. The smallest absolute Gasteiger partial charge is 0.0374 e. The Kier molecular flexibility index (Phi) is 4.08. The largest absolute Gasteiger partial charge is 0.311 e. The van der Waals surface area contributed by atoms with Crippen molar-refractivity contribution in [2.45, 2.75) is 38.1 Å². The van der Waals surface area contributed by atoms with Crippen LogP contribution in [0, 0.1) is 0 Å². The Morgan fingerprint density at radius 3 is 2.17 bits per heavy atom. The van der Waals surface area contributed by atoms with Crippen LogP contribution in [0.25, 0.3) is 0 Å². The van der Waals surface area contributed by atoms with Crippen LogP contribution in [-0.2, 0) is 5.54 Å². The van der Waals surface area contributed by atoms with Gasteiger partial charge in [0, 0.05) is 5.54 Å². The molecule has 0 amide bonds. The van der Waals surface area contributed by atoms with Crippen LogP contribution in [0.15, 0.2) is 24.3 Å². The summed E-state index contributed by atoms with van der Waals surface area (Å²) in [5, 5.41) is 3.36. The van der Waals surface area contributed by atoms with Crippen molar-refractivity contribution in [1.29, 1.82) is 0 Å². The number of nitrogens with one attached hydrogen (secondary N) is 1. The van der Waals surface area contributed by atoms with Crippen LogP contribution >= 0.6 is 0 Å². The molecule has 100 valence electrons. The molecule has 2 rings (SSSR count). The minimum Gasteiger partial charge on any atom is -0.311 e. The van der Waals surface area contributed by atoms with E-state index >= 15 is 0 Å². The first-order valence-electron chi connectivity index (χ1n) is 7.01. The topological polar surface area (TPSA) is 15.3 Å². The molecule has 2 nitrogen and oxygen atoms in total. The molecule has 0 radical (unpaired) electrons. The third-order valence-electron chi connectivity index (χ3n) is 4.45.